The number of Topliss-reactive ketones (excluding diaryl/α,β-unsaturated/α-hetero) is 1. The second-order valence-corrected chi connectivity index (χ2v) is 7.73. The number of benzene rings is 2. The number of ketones is 1. The van der Waals surface area contributed by atoms with Gasteiger partial charge in [-0.1, -0.05) is 48.0 Å². The molecule has 0 amide bonds. The summed E-state index contributed by atoms with van der Waals surface area (Å²) < 4.78 is 1.99. The van der Waals surface area contributed by atoms with Gasteiger partial charge >= 0.3 is 0 Å². The molecule has 4 heteroatoms. The number of rotatable bonds is 2. The Labute approximate surface area is 164 Å². The van der Waals surface area contributed by atoms with Crippen molar-refractivity contribution in [3.63, 3.8) is 0 Å². The fraction of sp³-hybridized carbons (Fsp3) is 0.250. The van der Waals surface area contributed by atoms with E-state index < -0.39 is 0 Å². The van der Waals surface area contributed by atoms with Crippen LogP contribution in [0.3, 0.4) is 0 Å². The molecule has 4 nitrogen and oxygen atoms in total. The number of hydrogen-bond donors (Lipinski definition) is 1. The fourth-order valence-corrected chi connectivity index (χ4v) is 4.47. The number of hydrogen-bond acceptors (Lipinski definition) is 3. The fourth-order valence-electron chi connectivity index (χ4n) is 4.47. The molecular weight excluding hydrogens is 346 g/mol. The summed E-state index contributed by atoms with van der Waals surface area (Å²) in [4.78, 5) is 12.9. The van der Waals surface area contributed by atoms with Crippen LogP contribution in [0.25, 0.3) is 5.69 Å². The zero-order valence-electron chi connectivity index (χ0n) is 16.2. The normalized spacial score (nSPS) is 18.5. The molecule has 2 aliphatic rings. The largest absolute Gasteiger partial charge is 0.343 e. The molecule has 5 rings (SSSR count). The minimum absolute atomic E-state index is 0.0561. The average Bonchev–Trinajstić information content (AvgIpc) is 3.04. The minimum Gasteiger partial charge on any atom is -0.343 e. The van der Waals surface area contributed by atoms with Crippen LogP contribution in [-0.2, 0) is 4.79 Å². The summed E-state index contributed by atoms with van der Waals surface area (Å²) in [6, 6.07) is 18.7. The van der Waals surface area contributed by atoms with E-state index in [-0.39, 0.29) is 11.7 Å². The Morgan fingerprint density at radius 2 is 1.75 bits per heavy atom. The second kappa shape index (κ2) is 6.48. The lowest BCUT2D eigenvalue weighted by Crippen LogP contribution is -2.27. The van der Waals surface area contributed by atoms with Crippen molar-refractivity contribution >= 4 is 11.6 Å². The van der Waals surface area contributed by atoms with Crippen molar-refractivity contribution in [1.29, 1.82) is 0 Å². The summed E-state index contributed by atoms with van der Waals surface area (Å²) in [5.74, 6) is 1.19. The van der Waals surface area contributed by atoms with Gasteiger partial charge in [0.05, 0.1) is 11.4 Å². The molecule has 1 N–H and O–H groups in total. The van der Waals surface area contributed by atoms with Gasteiger partial charge in [0.15, 0.2) is 5.78 Å². The molecule has 2 heterocycles. The molecule has 3 aromatic rings. The van der Waals surface area contributed by atoms with Gasteiger partial charge in [-0.15, -0.1) is 0 Å². The Morgan fingerprint density at radius 3 is 2.50 bits per heavy atom. The van der Waals surface area contributed by atoms with Crippen molar-refractivity contribution in [1.82, 2.24) is 9.78 Å². The lowest BCUT2D eigenvalue weighted by atomic mass is 9.76. The Hall–Kier alpha value is -3.14. The van der Waals surface area contributed by atoms with Gasteiger partial charge < -0.3 is 5.32 Å². The van der Waals surface area contributed by atoms with Crippen LogP contribution in [0.15, 0.2) is 65.9 Å². The molecular formula is C24H23N3O. The maximum Gasteiger partial charge on any atom is 0.161 e. The van der Waals surface area contributed by atoms with Crippen LogP contribution in [0.5, 0.6) is 0 Å². The molecule has 0 radical (unpaired) electrons. The van der Waals surface area contributed by atoms with Crippen molar-refractivity contribution in [3.05, 3.63) is 88.3 Å². The van der Waals surface area contributed by atoms with E-state index in [0.29, 0.717) is 6.42 Å². The first-order valence-corrected chi connectivity index (χ1v) is 9.88. The Balaban J connectivity index is 1.74. The number of nitrogens with one attached hydrogen (secondary N) is 1. The van der Waals surface area contributed by atoms with Crippen molar-refractivity contribution in [2.24, 2.45) is 0 Å². The highest BCUT2D eigenvalue weighted by Crippen LogP contribution is 2.47. The van der Waals surface area contributed by atoms with Crippen LogP contribution in [0.1, 0.15) is 47.6 Å². The van der Waals surface area contributed by atoms with Gasteiger partial charge in [0.1, 0.15) is 5.82 Å². The smallest absolute Gasteiger partial charge is 0.161 e. The standard InChI is InChI=1S/C24H23N3O/c1-15-11-13-18(14-12-15)27-24-21(16(2)26-27)22(17-7-4-3-5-8-17)23-19(25-24)9-6-10-20(23)28/h3-5,7-8,11-14,22,25H,6,9-10H2,1-2H3. The van der Waals surface area contributed by atoms with Gasteiger partial charge in [-0.05, 0) is 44.4 Å². The van der Waals surface area contributed by atoms with Crippen LogP contribution in [-0.4, -0.2) is 15.6 Å². The predicted molar refractivity (Wildman–Crippen MR) is 111 cm³/mol. The van der Waals surface area contributed by atoms with Crippen LogP contribution < -0.4 is 5.32 Å². The van der Waals surface area contributed by atoms with Gasteiger partial charge in [-0.2, -0.15) is 5.10 Å². The molecule has 0 saturated heterocycles. The summed E-state index contributed by atoms with van der Waals surface area (Å²) in [5.41, 5.74) is 7.46. The summed E-state index contributed by atoms with van der Waals surface area (Å²) >= 11 is 0. The first kappa shape index (κ1) is 17.0. The van der Waals surface area contributed by atoms with Gasteiger partial charge in [-0.25, -0.2) is 4.68 Å². The topological polar surface area (TPSA) is 46.9 Å². The third-order valence-electron chi connectivity index (χ3n) is 5.82. The SMILES string of the molecule is Cc1ccc(-n2nc(C)c3c2NC2=C(C(=O)CCC2)C3c2ccccc2)cc1. The van der Waals surface area contributed by atoms with Gasteiger partial charge in [-0.3, -0.25) is 4.79 Å². The van der Waals surface area contributed by atoms with Gasteiger partial charge in [0, 0.05) is 29.2 Å². The summed E-state index contributed by atoms with van der Waals surface area (Å²) in [6.07, 6.45) is 2.44. The van der Waals surface area contributed by atoms with E-state index >= 15 is 0 Å². The van der Waals surface area contributed by atoms with Crippen molar-refractivity contribution in [2.75, 3.05) is 5.32 Å². The summed E-state index contributed by atoms with van der Waals surface area (Å²) in [5, 5.41) is 8.46. The molecule has 1 aliphatic heterocycles. The lowest BCUT2D eigenvalue weighted by molar-refractivity contribution is -0.116. The molecule has 140 valence electrons. The summed E-state index contributed by atoms with van der Waals surface area (Å²) in [7, 11) is 0. The summed E-state index contributed by atoms with van der Waals surface area (Å²) in [6.45, 7) is 4.13. The van der Waals surface area contributed by atoms with Crippen molar-refractivity contribution in [2.45, 2.75) is 39.0 Å². The zero-order valence-corrected chi connectivity index (χ0v) is 16.2. The van der Waals surface area contributed by atoms with Crippen molar-refractivity contribution in [3.8, 4) is 5.69 Å². The number of carbonyl (C=O) groups is 1. The number of nitrogens with zero attached hydrogens (tertiary/aromatic N) is 2. The van der Waals surface area contributed by atoms with E-state index in [0.717, 1.165) is 52.4 Å². The molecule has 0 bridgehead atoms. The number of aromatic nitrogens is 2. The first-order chi connectivity index (χ1) is 13.6. The van der Waals surface area contributed by atoms with E-state index in [4.69, 9.17) is 5.10 Å². The Kier molecular flexibility index (Phi) is 3.93. The Morgan fingerprint density at radius 1 is 1.00 bits per heavy atom. The maximum absolute atomic E-state index is 12.9. The zero-order chi connectivity index (χ0) is 19.3. The molecule has 1 unspecified atom stereocenters. The third-order valence-corrected chi connectivity index (χ3v) is 5.82. The molecule has 1 aliphatic carbocycles. The van der Waals surface area contributed by atoms with Gasteiger partial charge in [0.2, 0.25) is 0 Å². The molecule has 1 aromatic heterocycles. The lowest BCUT2D eigenvalue weighted by Gasteiger charge is -2.33. The second-order valence-electron chi connectivity index (χ2n) is 7.73. The molecule has 0 saturated carbocycles. The molecule has 0 fully saturated rings. The van der Waals surface area contributed by atoms with Crippen LogP contribution in [0.2, 0.25) is 0 Å². The van der Waals surface area contributed by atoms with E-state index in [1.807, 2.05) is 29.8 Å². The van der Waals surface area contributed by atoms with E-state index in [1.165, 1.54) is 5.56 Å². The van der Waals surface area contributed by atoms with Crippen molar-refractivity contribution < 1.29 is 4.79 Å². The Bertz CT molecular complexity index is 1090. The predicted octanol–water partition coefficient (Wildman–Crippen LogP) is 5.05. The van der Waals surface area contributed by atoms with E-state index in [9.17, 15) is 4.79 Å². The third kappa shape index (κ3) is 2.60. The maximum atomic E-state index is 12.9. The molecule has 2 aromatic carbocycles. The number of aryl methyl sites for hydroxylation is 2. The highest BCUT2D eigenvalue weighted by molar-refractivity contribution is 6.01. The number of carbonyl (C=O) groups excluding carboxylic acids is 1. The number of allylic oxidation sites excluding steroid dienone is 2. The molecule has 1 atom stereocenters. The monoisotopic (exact) mass is 369 g/mol. The van der Waals surface area contributed by atoms with Crippen LogP contribution in [0.4, 0.5) is 5.82 Å². The average molecular weight is 369 g/mol. The first-order valence-electron chi connectivity index (χ1n) is 9.88. The number of fused-ring (bicyclic) bond motifs is 1. The highest BCUT2D eigenvalue weighted by atomic mass is 16.1. The minimum atomic E-state index is -0.0561. The highest BCUT2D eigenvalue weighted by Gasteiger charge is 2.38. The van der Waals surface area contributed by atoms with Crippen LogP contribution >= 0.6 is 0 Å². The quantitative estimate of drug-likeness (QED) is 0.687. The molecule has 28 heavy (non-hydrogen) atoms. The number of anilines is 1. The van der Waals surface area contributed by atoms with E-state index in [2.05, 4.69) is 48.6 Å². The van der Waals surface area contributed by atoms with E-state index in [1.54, 1.807) is 0 Å². The van der Waals surface area contributed by atoms with Gasteiger partial charge in [0.25, 0.3) is 0 Å². The molecule has 0 spiro atoms. The van der Waals surface area contributed by atoms with Crippen LogP contribution in [0, 0.1) is 13.8 Å².